The summed E-state index contributed by atoms with van der Waals surface area (Å²) in [6.07, 6.45) is -0.505. The summed E-state index contributed by atoms with van der Waals surface area (Å²) >= 11 is 0. The molecule has 0 aliphatic carbocycles. The third kappa shape index (κ3) is 5.63. The van der Waals surface area contributed by atoms with Gasteiger partial charge in [-0.1, -0.05) is 50.2 Å². The highest BCUT2D eigenvalue weighted by molar-refractivity contribution is 6.09. The monoisotopic (exact) mass is 505 g/mol. The number of nitrogens with one attached hydrogen (secondary N) is 1. The molecule has 0 aliphatic rings. The van der Waals surface area contributed by atoms with Crippen LogP contribution >= 0.6 is 0 Å². The molecule has 4 aromatic rings. The van der Waals surface area contributed by atoms with E-state index in [2.05, 4.69) is 9.88 Å². The van der Waals surface area contributed by atoms with E-state index in [1.165, 1.54) is 11.0 Å². The maximum absolute atomic E-state index is 13.7. The van der Waals surface area contributed by atoms with Gasteiger partial charge < -0.3 is 19.5 Å². The molecule has 1 heterocycles. The molecule has 8 heteroatoms. The van der Waals surface area contributed by atoms with Gasteiger partial charge in [-0.25, -0.2) is 13.6 Å². The Morgan fingerprint density at radius 2 is 1.68 bits per heavy atom. The topological polar surface area (TPSA) is 63.6 Å². The van der Waals surface area contributed by atoms with Crippen molar-refractivity contribution in [2.45, 2.75) is 32.9 Å². The number of carbonyl (C=O) groups excluding carboxylic acids is 2. The molecule has 37 heavy (non-hydrogen) atoms. The van der Waals surface area contributed by atoms with Crippen LogP contribution in [-0.4, -0.2) is 35.6 Å². The van der Waals surface area contributed by atoms with Crippen LogP contribution in [0.15, 0.2) is 66.7 Å². The molecular formula is C29H29F2N3O3. The molecule has 2 amide bonds. The Kier molecular flexibility index (Phi) is 7.57. The Hall–Kier alpha value is -4.20. The highest BCUT2D eigenvalue weighted by atomic mass is 19.2. The maximum atomic E-state index is 13.7. The zero-order valence-corrected chi connectivity index (χ0v) is 21.2. The van der Waals surface area contributed by atoms with Crippen LogP contribution in [0.4, 0.5) is 13.6 Å². The molecule has 0 unspecified atom stereocenters. The Balaban J connectivity index is 1.79. The average Bonchev–Trinajstić information content (AvgIpc) is 3.18. The summed E-state index contributed by atoms with van der Waals surface area (Å²) < 4.78 is 34.5. The number of ether oxygens (including phenoxy) is 1. The smallest absolute Gasteiger partial charge is 0.410 e. The first-order valence-corrected chi connectivity index (χ1v) is 12.0. The zero-order chi connectivity index (χ0) is 26.7. The number of rotatable bonds is 7. The number of fused-ring (bicyclic) bond motifs is 1. The van der Waals surface area contributed by atoms with Gasteiger partial charge in [-0.15, -0.1) is 0 Å². The second kappa shape index (κ2) is 10.8. The SMILES string of the molecule is CC(C)c1c(C(=O)NCc2ccc(F)c(F)c2)c2ccc(OC(=O)N(C)C)cc2n1Cc1ccccc1. The summed E-state index contributed by atoms with van der Waals surface area (Å²) in [6.45, 7) is 4.56. The van der Waals surface area contributed by atoms with Crippen molar-refractivity contribution < 1.29 is 23.1 Å². The molecule has 4 rings (SSSR count). The van der Waals surface area contributed by atoms with Crippen LogP contribution in [0.2, 0.25) is 0 Å². The van der Waals surface area contributed by atoms with Gasteiger partial charge in [-0.05, 0) is 41.3 Å². The second-order valence-electron chi connectivity index (χ2n) is 9.36. The lowest BCUT2D eigenvalue weighted by Gasteiger charge is -2.16. The number of hydrogen-bond acceptors (Lipinski definition) is 3. The quantitative estimate of drug-likeness (QED) is 0.331. The van der Waals surface area contributed by atoms with Gasteiger partial charge in [0.2, 0.25) is 0 Å². The highest BCUT2D eigenvalue weighted by Gasteiger charge is 2.25. The predicted molar refractivity (Wildman–Crippen MR) is 139 cm³/mol. The summed E-state index contributed by atoms with van der Waals surface area (Å²) in [5.74, 6) is -1.89. The minimum atomic E-state index is -0.964. The van der Waals surface area contributed by atoms with Crippen molar-refractivity contribution in [2.75, 3.05) is 14.1 Å². The van der Waals surface area contributed by atoms with Crippen LogP contribution in [0.25, 0.3) is 10.9 Å². The molecule has 1 aromatic heterocycles. The third-order valence-electron chi connectivity index (χ3n) is 6.04. The van der Waals surface area contributed by atoms with Crippen LogP contribution in [0.3, 0.4) is 0 Å². The fraction of sp³-hybridized carbons (Fsp3) is 0.241. The molecule has 192 valence electrons. The lowest BCUT2D eigenvalue weighted by Crippen LogP contribution is -2.25. The van der Waals surface area contributed by atoms with Gasteiger partial charge in [0.15, 0.2) is 11.6 Å². The van der Waals surface area contributed by atoms with E-state index in [0.717, 1.165) is 28.9 Å². The highest BCUT2D eigenvalue weighted by Crippen LogP contribution is 2.34. The van der Waals surface area contributed by atoms with E-state index in [4.69, 9.17) is 4.74 Å². The van der Waals surface area contributed by atoms with Crippen molar-refractivity contribution in [1.82, 2.24) is 14.8 Å². The van der Waals surface area contributed by atoms with Gasteiger partial charge in [-0.2, -0.15) is 0 Å². The van der Waals surface area contributed by atoms with Crippen LogP contribution < -0.4 is 10.1 Å². The Morgan fingerprint density at radius 1 is 0.946 bits per heavy atom. The molecule has 0 fully saturated rings. The first-order chi connectivity index (χ1) is 17.7. The Bertz CT molecular complexity index is 1450. The van der Waals surface area contributed by atoms with E-state index < -0.39 is 17.7 Å². The van der Waals surface area contributed by atoms with Gasteiger partial charge in [-0.3, -0.25) is 4.79 Å². The van der Waals surface area contributed by atoms with Gasteiger partial charge in [0.05, 0.1) is 11.1 Å². The van der Waals surface area contributed by atoms with E-state index in [9.17, 15) is 18.4 Å². The van der Waals surface area contributed by atoms with E-state index in [1.54, 1.807) is 32.3 Å². The normalized spacial score (nSPS) is 11.1. The van der Waals surface area contributed by atoms with E-state index in [1.807, 2.05) is 44.2 Å². The Morgan fingerprint density at radius 3 is 2.32 bits per heavy atom. The summed E-state index contributed by atoms with van der Waals surface area (Å²) in [6, 6.07) is 18.6. The largest absolute Gasteiger partial charge is 0.414 e. The fourth-order valence-electron chi connectivity index (χ4n) is 4.30. The summed E-state index contributed by atoms with van der Waals surface area (Å²) in [4.78, 5) is 27.0. The van der Waals surface area contributed by atoms with Crippen LogP contribution in [0.1, 0.15) is 46.9 Å². The molecule has 0 aliphatic heterocycles. The van der Waals surface area contributed by atoms with Crippen molar-refractivity contribution in [3.05, 3.63) is 101 Å². The molecule has 6 nitrogen and oxygen atoms in total. The standard InChI is InChI=1S/C29H29F2N3O3/c1-18(2)27-26(28(35)32-16-20-10-13-23(30)24(31)14-20)22-12-11-21(37-29(36)33(3)4)15-25(22)34(27)17-19-8-6-5-7-9-19/h5-15,18H,16-17H2,1-4H3,(H,32,35). The first-order valence-electron chi connectivity index (χ1n) is 12.0. The van der Waals surface area contributed by atoms with Crippen LogP contribution in [0, 0.1) is 11.6 Å². The van der Waals surface area contributed by atoms with Crippen molar-refractivity contribution >= 4 is 22.9 Å². The minimum absolute atomic E-state index is 0.0205. The number of hydrogen-bond donors (Lipinski definition) is 1. The lowest BCUT2D eigenvalue weighted by molar-refractivity contribution is 0.0950. The van der Waals surface area contributed by atoms with Crippen molar-refractivity contribution in [3.8, 4) is 5.75 Å². The first kappa shape index (κ1) is 25.9. The van der Waals surface area contributed by atoms with Crippen molar-refractivity contribution in [1.29, 1.82) is 0 Å². The van der Waals surface area contributed by atoms with E-state index in [-0.39, 0.29) is 18.4 Å². The number of aromatic nitrogens is 1. The predicted octanol–water partition coefficient (Wildman–Crippen LogP) is 6.08. The molecule has 0 saturated heterocycles. The minimum Gasteiger partial charge on any atom is -0.410 e. The van der Waals surface area contributed by atoms with Crippen LogP contribution in [0.5, 0.6) is 5.75 Å². The van der Waals surface area contributed by atoms with Crippen molar-refractivity contribution in [2.24, 2.45) is 0 Å². The molecule has 0 bridgehead atoms. The molecule has 0 atom stereocenters. The van der Waals surface area contributed by atoms with Gasteiger partial charge in [0.25, 0.3) is 5.91 Å². The number of halogens is 2. The maximum Gasteiger partial charge on any atom is 0.414 e. The summed E-state index contributed by atoms with van der Waals surface area (Å²) in [5, 5.41) is 3.56. The molecular weight excluding hydrogens is 476 g/mol. The number of carbonyl (C=O) groups is 2. The Labute approximate surface area is 214 Å². The molecule has 1 N–H and O–H groups in total. The van der Waals surface area contributed by atoms with Gasteiger partial charge in [0, 0.05) is 44.3 Å². The van der Waals surface area contributed by atoms with Crippen molar-refractivity contribution in [3.63, 3.8) is 0 Å². The number of benzene rings is 3. The lowest BCUT2D eigenvalue weighted by atomic mass is 10.0. The van der Waals surface area contributed by atoms with E-state index in [0.29, 0.717) is 28.8 Å². The molecule has 0 spiro atoms. The second-order valence-corrected chi connectivity index (χ2v) is 9.36. The molecule has 0 radical (unpaired) electrons. The fourth-order valence-corrected chi connectivity index (χ4v) is 4.30. The van der Waals surface area contributed by atoms with E-state index >= 15 is 0 Å². The number of nitrogens with zero attached hydrogens (tertiary/aromatic N) is 2. The summed E-state index contributed by atoms with van der Waals surface area (Å²) in [5.41, 5.74) is 3.55. The zero-order valence-electron chi connectivity index (χ0n) is 21.2. The third-order valence-corrected chi connectivity index (χ3v) is 6.04. The molecule has 0 saturated carbocycles. The van der Waals surface area contributed by atoms with Gasteiger partial charge >= 0.3 is 6.09 Å². The van der Waals surface area contributed by atoms with Crippen LogP contribution in [-0.2, 0) is 13.1 Å². The summed E-state index contributed by atoms with van der Waals surface area (Å²) in [7, 11) is 3.20. The molecule has 3 aromatic carbocycles. The number of amides is 2. The van der Waals surface area contributed by atoms with Gasteiger partial charge in [0.1, 0.15) is 5.75 Å². The average molecular weight is 506 g/mol.